The molecule has 4 nitrogen and oxygen atoms in total. The van der Waals surface area contributed by atoms with Crippen molar-refractivity contribution in [2.45, 2.75) is 13.3 Å². The number of carboxylic acid groups (broad SMARTS) is 1. The molecule has 0 saturated heterocycles. The Morgan fingerprint density at radius 1 is 1.05 bits per heavy atom. The number of hydrogen-bond acceptors (Lipinski definition) is 3. The molecule has 0 amide bonds. The first-order valence-electron chi connectivity index (χ1n) is 6.89. The van der Waals surface area contributed by atoms with Crippen molar-refractivity contribution >= 4 is 5.97 Å². The second-order valence-electron chi connectivity index (χ2n) is 5.05. The fourth-order valence-corrected chi connectivity index (χ4v) is 2.40. The molecule has 0 fully saturated rings. The van der Waals surface area contributed by atoms with E-state index in [1.165, 1.54) is 0 Å². The van der Waals surface area contributed by atoms with Crippen LogP contribution in [0.3, 0.4) is 0 Å². The molecule has 1 aliphatic heterocycles. The van der Waals surface area contributed by atoms with Gasteiger partial charge in [0.2, 0.25) is 0 Å². The number of carboxylic acids is 1. The Labute approximate surface area is 122 Å². The normalized spacial score (nSPS) is 13.6. The van der Waals surface area contributed by atoms with Crippen molar-refractivity contribution in [1.29, 1.82) is 0 Å². The molecule has 2 aromatic carbocycles. The van der Waals surface area contributed by atoms with Gasteiger partial charge in [0.15, 0.2) is 11.5 Å². The van der Waals surface area contributed by atoms with Crippen molar-refractivity contribution < 1.29 is 19.4 Å². The molecule has 21 heavy (non-hydrogen) atoms. The molecule has 2 aromatic rings. The molecule has 4 heteroatoms. The molecule has 0 aliphatic carbocycles. The quantitative estimate of drug-likeness (QED) is 0.916. The van der Waals surface area contributed by atoms with E-state index in [9.17, 15) is 4.79 Å². The number of carbonyl (C=O) groups is 1. The van der Waals surface area contributed by atoms with Crippen LogP contribution in [0.25, 0.3) is 11.1 Å². The fourth-order valence-electron chi connectivity index (χ4n) is 2.40. The number of aromatic carboxylic acids is 1. The van der Waals surface area contributed by atoms with E-state index < -0.39 is 5.97 Å². The zero-order chi connectivity index (χ0) is 14.8. The molecule has 0 spiro atoms. The molecule has 0 radical (unpaired) electrons. The van der Waals surface area contributed by atoms with Gasteiger partial charge in [-0.25, -0.2) is 4.79 Å². The Kier molecular flexibility index (Phi) is 3.52. The molecule has 0 bridgehead atoms. The largest absolute Gasteiger partial charge is 0.490 e. The van der Waals surface area contributed by atoms with Crippen LogP contribution in [0.1, 0.15) is 22.3 Å². The van der Waals surface area contributed by atoms with Crippen molar-refractivity contribution in [2.24, 2.45) is 0 Å². The smallest absolute Gasteiger partial charge is 0.335 e. The summed E-state index contributed by atoms with van der Waals surface area (Å²) in [5.74, 6) is 0.527. The lowest BCUT2D eigenvalue weighted by Crippen LogP contribution is -1.98. The maximum atomic E-state index is 11.1. The molecular formula is C17H16O4. The van der Waals surface area contributed by atoms with Crippen molar-refractivity contribution in [1.82, 2.24) is 0 Å². The molecule has 1 N–H and O–H groups in total. The van der Waals surface area contributed by atoms with Gasteiger partial charge in [0, 0.05) is 6.42 Å². The van der Waals surface area contributed by atoms with Gasteiger partial charge < -0.3 is 14.6 Å². The Morgan fingerprint density at radius 3 is 2.57 bits per heavy atom. The van der Waals surface area contributed by atoms with Crippen LogP contribution in [0, 0.1) is 6.92 Å². The van der Waals surface area contributed by atoms with Gasteiger partial charge in [0.05, 0.1) is 18.8 Å². The Morgan fingerprint density at radius 2 is 1.81 bits per heavy atom. The maximum Gasteiger partial charge on any atom is 0.335 e. The summed E-state index contributed by atoms with van der Waals surface area (Å²) in [4.78, 5) is 11.1. The van der Waals surface area contributed by atoms with Crippen molar-refractivity contribution in [3.63, 3.8) is 0 Å². The zero-order valence-electron chi connectivity index (χ0n) is 11.8. The summed E-state index contributed by atoms with van der Waals surface area (Å²) in [6.45, 7) is 3.24. The Balaban J connectivity index is 2.06. The van der Waals surface area contributed by atoms with Crippen LogP contribution in [0.5, 0.6) is 11.5 Å². The molecule has 0 unspecified atom stereocenters. The van der Waals surface area contributed by atoms with Gasteiger partial charge in [0.1, 0.15) is 0 Å². The number of aryl methyl sites for hydroxylation is 1. The number of fused-ring (bicyclic) bond motifs is 1. The maximum absolute atomic E-state index is 11.1. The summed E-state index contributed by atoms with van der Waals surface area (Å²) in [7, 11) is 0. The standard InChI is InChI=1S/C17H16O4/c1-11-3-4-13(17(18)19)9-14(11)12-5-6-15-16(10-12)21-8-2-7-20-15/h3-6,9-10H,2,7-8H2,1H3,(H,18,19). The molecule has 108 valence electrons. The molecule has 0 saturated carbocycles. The first-order chi connectivity index (χ1) is 10.1. The van der Waals surface area contributed by atoms with E-state index in [1.54, 1.807) is 12.1 Å². The van der Waals surface area contributed by atoms with E-state index in [-0.39, 0.29) is 5.56 Å². The molecule has 1 aliphatic rings. The van der Waals surface area contributed by atoms with Crippen LogP contribution in [0.15, 0.2) is 36.4 Å². The lowest BCUT2D eigenvalue weighted by atomic mass is 9.98. The third kappa shape index (κ3) is 2.70. The topological polar surface area (TPSA) is 55.8 Å². The molecule has 0 aromatic heterocycles. The summed E-state index contributed by atoms with van der Waals surface area (Å²) < 4.78 is 11.3. The second kappa shape index (κ2) is 5.48. The van der Waals surface area contributed by atoms with E-state index in [0.717, 1.165) is 28.9 Å². The molecular weight excluding hydrogens is 268 g/mol. The molecule has 3 rings (SSSR count). The highest BCUT2D eigenvalue weighted by atomic mass is 16.5. The lowest BCUT2D eigenvalue weighted by molar-refractivity contribution is 0.0697. The van der Waals surface area contributed by atoms with E-state index >= 15 is 0 Å². The summed E-state index contributed by atoms with van der Waals surface area (Å²) in [6, 6.07) is 10.8. The monoisotopic (exact) mass is 284 g/mol. The highest BCUT2D eigenvalue weighted by molar-refractivity contribution is 5.90. The van der Waals surface area contributed by atoms with Crippen LogP contribution >= 0.6 is 0 Å². The molecule has 1 heterocycles. The minimum absolute atomic E-state index is 0.280. The highest BCUT2D eigenvalue weighted by Gasteiger charge is 2.13. The van der Waals surface area contributed by atoms with Crippen molar-refractivity contribution in [3.05, 3.63) is 47.5 Å². The lowest BCUT2D eigenvalue weighted by Gasteiger charge is -2.11. The Hall–Kier alpha value is -2.49. The van der Waals surface area contributed by atoms with Gasteiger partial charge in [-0.2, -0.15) is 0 Å². The SMILES string of the molecule is Cc1ccc(C(=O)O)cc1-c1ccc2c(c1)OCCCO2. The van der Waals surface area contributed by atoms with Crippen LogP contribution < -0.4 is 9.47 Å². The number of ether oxygens (including phenoxy) is 2. The number of benzene rings is 2. The first kappa shape index (κ1) is 13.5. The van der Waals surface area contributed by atoms with Crippen molar-refractivity contribution in [2.75, 3.05) is 13.2 Å². The summed E-state index contributed by atoms with van der Waals surface area (Å²) >= 11 is 0. The zero-order valence-corrected chi connectivity index (χ0v) is 11.8. The van der Waals surface area contributed by atoms with Gasteiger partial charge in [-0.15, -0.1) is 0 Å². The third-order valence-corrected chi connectivity index (χ3v) is 3.54. The highest BCUT2D eigenvalue weighted by Crippen LogP contribution is 2.35. The fraction of sp³-hybridized carbons (Fsp3) is 0.235. The van der Waals surface area contributed by atoms with Gasteiger partial charge in [-0.3, -0.25) is 0 Å². The van der Waals surface area contributed by atoms with Crippen LogP contribution in [0.2, 0.25) is 0 Å². The minimum Gasteiger partial charge on any atom is -0.490 e. The average molecular weight is 284 g/mol. The Bertz CT molecular complexity index is 691. The summed E-state index contributed by atoms with van der Waals surface area (Å²) in [6.07, 6.45) is 0.859. The van der Waals surface area contributed by atoms with E-state index in [2.05, 4.69) is 0 Å². The summed E-state index contributed by atoms with van der Waals surface area (Å²) in [5.41, 5.74) is 3.13. The summed E-state index contributed by atoms with van der Waals surface area (Å²) in [5, 5.41) is 9.13. The third-order valence-electron chi connectivity index (χ3n) is 3.54. The van der Waals surface area contributed by atoms with Gasteiger partial charge in [-0.05, 0) is 47.9 Å². The van der Waals surface area contributed by atoms with E-state index in [4.69, 9.17) is 14.6 Å². The molecule has 0 atom stereocenters. The van der Waals surface area contributed by atoms with Gasteiger partial charge >= 0.3 is 5.97 Å². The van der Waals surface area contributed by atoms with Crippen LogP contribution in [-0.4, -0.2) is 24.3 Å². The van der Waals surface area contributed by atoms with E-state index in [1.807, 2.05) is 31.2 Å². The van der Waals surface area contributed by atoms with Gasteiger partial charge in [-0.1, -0.05) is 12.1 Å². The second-order valence-corrected chi connectivity index (χ2v) is 5.05. The minimum atomic E-state index is -0.925. The van der Waals surface area contributed by atoms with Crippen molar-refractivity contribution in [3.8, 4) is 22.6 Å². The number of hydrogen-bond donors (Lipinski definition) is 1. The number of rotatable bonds is 2. The predicted octanol–water partition coefficient (Wildman–Crippen LogP) is 3.52. The van der Waals surface area contributed by atoms with Gasteiger partial charge in [0.25, 0.3) is 0 Å². The predicted molar refractivity (Wildman–Crippen MR) is 79.2 cm³/mol. The first-order valence-corrected chi connectivity index (χ1v) is 6.89. The van der Waals surface area contributed by atoms with Crippen LogP contribution in [0.4, 0.5) is 0 Å². The average Bonchev–Trinajstić information content (AvgIpc) is 2.72. The van der Waals surface area contributed by atoms with Crippen LogP contribution in [-0.2, 0) is 0 Å². The van der Waals surface area contributed by atoms with E-state index in [0.29, 0.717) is 19.0 Å².